The first kappa shape index (κ1) is 7.73. The molecule has 1 aromatic rings. The molecule has 58 valence electrons. The van der Waals surface area contributed by atoms with Crippen molar-refractivity contribution >= 4 is 0 Å². The van der Waals surface area contributed by atoms with E-state index in [4.69, 9.17) is 9.78 Å². The topological polar surface area (TPSA) is 62.7 Å². The lowest BCUT2D eigenvalue weighted by Crippen LogP contribution is -1.87. The van der Waals surface area contributed by atoms with E-state index in [-0.39, 0.29) is 0 Å². The molecule has 0 radical (unpaired) electrons. The third kappa shape index (κ3) is 2.38. The average Bonchev–Trinajstić information content (AvgIpc) is 2.37. The van der Waals surface area contributed by atoms with Gasteiger partial charge in [-0.2, -0.15) is 10.2 Å². The highest BCUT2D eigenvalue weighted by Crippen LogP contribution is 1.99. The van der Waals surface area contributed by atoms with Gasteiger partial charge in [0.2, 0.25) is 5.89 Å². The second-order valence-corrected chi connectivity index (χ2v) is 2.24. The lowest BCUT2D eigenvalue weighted by atomic mass is 10.2. The van der Waals surface area contributed by atoms with Crippen LogP contribution in [0.4, 0.5) is 0 Å². The minimum absolute atomic E-state index is 0.549. The Kier molecular flexibility index (Phi) is 2.61. The third-order valence-corrected chi connectivity index (χ3v) is 1.26. The zero-order valence-corrected chi connectivity index (χ0v) is 6.37. The van der Waals surface area contributed by atoms with Gasteiger partial charge < -0.3 is 4.52 Å². The number of nitriles is 1. The Balaban J connectivity index is 2.34. The Morgan fingerprint density at radius 3 is 3.00 bits per heavy atom. The Morgan fingerprint density at radius 1 is 1.64 bits per heavy atom. The third-order valence-electron chi connectivity index (χ3n) is 1.26. The highest BCUT2D eigenvalue weighted by molar-refractivity contribution is 4.85. The monoisotopic (exact) mass is 151 g/mol. The van der Waals surface area contributed by atoms with Crippen LogP contribution < -0.4 is 0 Å². The fourth-order valence-electron chi connectivity index (χ4n) is 0.768. The molecule has 0 fully saturated rings. The number of hydrogen-bond donors (Lipinski definition) is 0. The van der Waals surface area contributed by atoms with Crippen molar-refractivity contribution in [2.45, 2.75) is 26.2 Å². The van der Waals surface area contributed by atoms with Gasteiger partial charge in [-0.15, -0.1) is 0 Å². The summed E-state index contributed by atoms with van der Waals surface area (Å²) in [5.41, 5.74) is 0. The van der Waals surface area contributed by atoms with Gasteiger partial charge in [0.25, 0.3) is 0 Å². The van der Waals surface area contributed by atoms with E-state index in [0.29, 0.717) is 18.1 Å². The second-order valence-electron chi connectivity index (χ2n) is 2.24. The first-order chi connectivity index (χ1) is 5.33. The molecule has 0 unspecified atom stereocenters. The van der Waals surface area contributed by atoms with E-state index in [0.717, 1.165) is 12.8 Å². The van der Waals surface area contributed by atoms with E-state index in [9.17, 15) is 0 Å². The molecule has 1 heterocycles. The summed E-state index contributed by atoms with van der Waals surface area (Å²) in [4.78, 5) is 4.00. The van der Waals surface area contributed by atoms with Crippen molar-refractivity contribution in [1.82, 2.24) is 10.1 Å². The molecule has 1 aromatic heterocycles. The minimum Gasteiger partial charge on any atom is -0.340 e. The summed E-state index contributed by atoms with van der Waals surface area (Å²) in [6.07, 6.45) is 2.08. The van der Waals surface area contributed by atoms with Crippen LogP contribution in [0.1, 0.15) is 24.6 Å². The fourth-order valence-corrected chi connectivity index (χ4v) is 0.768. The molecule has 0 bridgehead atoms. The Morgan fingerprint density at radius 2 is 2.45 bits per heavy atom. The second kappa shape index (κ2) is 3.71. The van der Waals surface area contributed by atoms with Crippen LogP contribution in [0.3, 0.4) is 0 Å². The van der Waals surface area contributed by atoms with Gasteiger partial charge in [-0.25, -0.2) is 0 Å². The van der Waals surface area contributed by atoms with Crippen LogP contribution in [0.15, 0.2) is 4.52 Å². The molecule has 0 amide bonds. The molecule has 4 heteroatoms. The quantitative estimate of drug-likeness (QED) is 0.609. The van der Waals surface area contributed by atoms with E-state index < -0.39 is 0 Å². The number of aryl methyl sites for hydroxylation is 2. The van der Waals surface area contributed by atoms with Crippen molar-refractivity contribution < 1.29 is 4.52 Å². The van der Waals surface area contributed by atoms with Gasteiger partial charge in [0.05, 0.1) is 6.07 Å². The molecular formula is C7H9N3O. The molecule has 11 heavy (non-hydrogen) atoms. The summed E-state index contributed by atoms with van der Waals surface area (Å²) in [5, 5.41) is 11.9. The lowest BCUT2D eigenvalue weighted by Gasteiger charge is -1.85. The predicted octanol–water partition coefficient (Wildman–Crippen LogP) is 1.22. The Bertz CT molecular complexity index is 261. The molecule has 0 aliphatic heterocycles. The highest BCUT2D eigenvalue weighted by Gasteiger charge is 1.99. The van der Waals surface area contributed by atoms with Crippen LogP contribution in [0.25, 0.3) is 0 Å². The van der Waals surface area contributed by atoms with Gasteiger partial charge in [-0.05, 0) is 6.42 Å². The maximum atomic E-state index is 8.24. The largest absolute Gasteiger partial charge is 0.340 e. The standard InChI is InChI=1S/C7H9N3O/c1-6-9-7(10-11-6)4-2-3-5-8/h2-4H2,1H3. The van der Waals surface area contributed by atoms with Crippen LogP contribution in [-0.2, 0) is 6.42 Å². The molecular weight excluding hydrogens is 142 g/mol. The van der Waals surface area contributed by atoms with Gasteiger partial charge in [0.1, 0.15) is 0 Å². The predicted molar refractivity (Wildman–Crippen MR) is 37.6 cm³/mol. The normalized spacial score (nSPS) is 9.45. The number of rotatable bonds is 3. The number of unbranched alkanes of at least 4 members (excludes halogenated alkanes) is 1. The number of nitrogens with zero attached hydrogens (tertiary/aromatic N) is 3. The lowest BCUT2D eigenvalue weighted by molar-refractivity contribution is 0.387. The summed E-state index contributed by atoms with van der Waals surface area (Å²) in [6, 6.07) is 2.06. The van der Waals surface area contributed by atoms with Gasteiger partial charge in [-0.3, -0.25) is 0 Å². The first-order valence-corrected chi connectivity index (χ1v) is 3.49. The fraction of sp³-hybridized carbons (Fsp3) is 0.571. The molecule has 0 spiro atoms. The highest BCUT2D eigenvalue weighted by atomic mass is 16.5. The number of aromatic nitrogens is 2. The molecule has 1 rings (SSSR count). The van der Waals surface area contributed by atoms with Crippen molar-refractivity contribution in [1.29, 1.82) is 5.26 Å². The molecule has 0 aromatic carbocycles. The molecule has 0 saturated carbocycles. The van der Waals surface area contributed by atoms with E-state index in [1.54, 1.807) is 6.92 Å². The first-order valence-electron chi connectivity index (χ1n) is 3.49. The van der Waals surface area contributed by atoms with Crippen LogP contribution in [-0.4, -0.2) is 10.1 Å². The van der Waals surface area contributed by atoms with E-state index in [1.807, 2.05) is 0 Å². The zero-order chi connectivity index (χ0) is 8.10. The summed E-state index contributed by atoms with van der Waals surface area (Å²) in [6.45, 7) is 1.75. The van der Waals surface area contributed by atoms with Gasteiger partial charge in [0.15, 0.2) is 5.82 Å². The van der Waals surface area contributed by atoms with E-state index in [1.165, 1.54) is 0 Å². The van der Waals surface area contributed by atoms with Crippen molar-refractivity contribution in [3.63, 3.8) is 0 Å². The minimum atomic E-state index is 0.549. The number of hydrogen-bond acceptors (Lipinski definition) is 4. The van der Waals surface area contributed by atoms with Gasteiger partial charge in [-0.1, -0.05) is 5.16 Å². The van der Waals surface area contributed by atoms with Crippen LogP contribution in [0.2, 0.25) is 0 Å². The van der Waals surface area contributed by atoms with E-state index in [2.05, 4.69) is 16.2 Å². The molecule has 0 atom stereocenters. The molecule has 4 nitrogen and oxygen atoms in total. The summed E-state index contributed by atoms with van der Waals surface area (Å²) >= 11 is 0. The van der Waals surface area contributed by atoms with Crippen molar-refractivity contribution in [3.8, 4) is 6.07 Å². The SMILES string of the molecule is Cc1nc(CCCC#N)no1. The van der Waals surface area contributed by atoms with Crippen molar-refractivity contribution in [2.75, 3.05) is 0 Å². The summed E-state index contributed by atoms with van der Waals surface area (Å²) in [7, 11) is 0. The van der Waals surface area contributed by atoms with Crippen LogP contribution in [0, 0.1) is 18.3 Å². The van der Waals surface area contributed by atoms with Crippen LogP contribution >= 0.6 is 0 Å². The maximum Gasteiger partial charge on any atom is 0.223 e. The maximum absolute atomic E-state index is 8.24. The van der Waals surface area contributed by atoms with Crippen LogP contribution in [0.5, 0.6) is 0 Å². The molecule has 0 aliphatic rings. The van der Waals surface area contributed by atoms with Crippen molar-refractivity contribution in [2.24, 2.45) is 0 Å². The van der Waals surface area contributed by atoms with Gasteiger partial charge in [0, 0.05) is 19.8 Å². The Hall–Kier alpha value is -1.37. The molecule has 0 saturated heterocycles. The van der Waals surface area contributed by atoms with E-state index >= 15 is 0 Å². The molecule has 0 aliphatic carbocycles. The zero-order valence-electron chi connectivity index (χ0n) is 6.37. The average molecular weight is 151 g/mol. The van der Waals surface area contributed by atoms with Gasteiger partial charge >= 0.3 is 0 Å². The Labute approximate surface area is 64.8 Å². The summed E-state index contributed by atoms with van der Waals surface area (Å²) < 4.78 is 4.75. The smallest absolute Gasteiger partial charge is 0.223 e. The van der Waals surface area contributed by atoms with Crippen molar-refractivity contribution in [3.05, 3.63) is 11.7 Å². The summed E-state index contributed by atoms with van der Waals surface area (Å²) in [5.74, 6) is 1.27. The molecule has 0 N–H and O–H groups in total.